The topological polar surface area (TPSA) is 114 Å². The third kappa shape index (κ3) is 2.70. The molecule has 0 spiro atoms. The first-order valence-corrected chi connectivity index (χ1v) is 8.09. The molecule has 0 aliphatic rings. The van der Waals surface area contributed by atoms with Gasteiger partial charge in [0.1, 0.15) is 12.2 Å². The van der Waals surface area contributed by atoms with Gasteiger partial charge in [0, 0.05) is 5.39 Å². The summed E-state index contributed by atoms with van der Waals surface area (Å²) in [7, 11) is 0. The van der Waals surface area contributed by atoms with E-state index in [9.17, 15) is 14.7 Å². The number of aromatic carboxylic acids is 1. The highest BCUT2D eigenvalue weighted by Crippen LogP contribution is 2.21. The molecule has 0 bridgehead atoms. The van der Waals surface area contributed by atoms with E-state index in [1.807, 2.05) is 17.5 Å². The van der Waals surface area contributed by atoms with Gasteiger partial charge < -0.3 is 14.4 Å². The molecule has 0 radical (unpaired) electrons. The first-order valence-electron chi connectivity index (χ1n) is 7.21. The Balaban J connectivity index is 1.78. The van der Waals surface area contributed by atoms with Crippen molar-refractivity contribution in [3.63, 3.8) is 0 Å². The van der Waals surface area contributed by atoms with Gasteiger partial charge in [-0.15, -0.1) is 11.3 Å². The van der Waals surface area contributed by atoms with Crippen LogP contribution >= 0.6 is 11.3 Å². The lowest BCUT2D eigenvalue weighted by Gasteiger charge is -2.09. The van der Waals surface area contributed by atoms with E-state index in [4.69, 9.17) is 4.52 Å². The maximum absolute atomic E-state index is 12.5. The van der Waals surface area contributed by atoms with E-state index in [-0.39, 0.29) is 28.9 Å². The van der Waals surface area contributed by atoms with Crippen LogP contribution in [0.5, 0.6) is 0 Å². The van der Waals surface area contributed by atoms with Crippen LogP contribution in [0.1, 0.15) is 16.4 Å². The number of benzene rings is 1. The third-order valence-electron chi connectivity index (χ3n) is 3.56. The maximum atomic E-state index is 12.5. The molecule has 25 heavy (non-hydrogen) atoms. The van der Waals surface area contributed by atoms with Crippen molar-refractivity contribution in [2.75, 3.05) is 0 Å². The van der Waals surface area contributed by atoms with Crippen molar-refractivity contribution in [2.45, 2.75) is 6.54 Å². The molecular weight excluding hydrogens is 344 g/mol. The SMILES string of the molecule is O=C([O-])c1nn(Cc2nc(-c3cccs3)no2)c(=O)c2ccccc12. The molecular formula is C16H9N4O4S-. The Labute approximate surface area is 144 Å². The predicted molar refractivity (Wildman–Crippen MR) is 87.0 cm³/mol. The zero-order valence-electron chi connectivity index (χ0n) is 12.6. The Hall–Kier alpha value is -3.33. The molecule has 0 aliphatic heterocycles. The summed E-state index contributed by atoms with van der Waals surface area (Å²) >= 11 is 1.45. The Morgan fingerprint density at radius 3 is 2.72 bits per heavy atom. The van der Waals surface area contributed by atoms with Crippen molar-refractivity contribution in [3.05, 3.63) is 63.7 Å². The number of thiophene rings is 1. The molecule has 8 nitrogen and oxygen atoms in total. The molecule has 0 aliphatic carbocycles. The molecule has 0 saturated carbocycles. The minimum Gasteiger partial charge on any atom is -0.543 e. The first-order chi connectivity index (χ1) is 12.1. The van der Waals surface area contributed by atoms with Gasteiger partial charge in [0.15, 0.2) is 0 Å². The number of nitrogens with zero attached hydrogens (tertiary/aromatic N) is 4. The standard InChI is InChI=1S/C16H10N4O4S/c21-15-10-5-2-1-4-9(10)13(16(22)23)18-20(15)8-12-17-14(19-24-12)11-6-3-7-25-11/h1-7H,8H2,(H,22,23)/p-1. The Bertz CT molecular complexity index is 1130. The van der Waals surface area contributed by atoms with Crippen molar-refractivity contribution < 1.29 is 14.4 Å². The number of carbonyl (C=O) groups excluding carboxylic acids is 1. The highest BCUT2D eigenvalue weighted by Gasteiger charge is 2.15. The summed E-state index contributed by atoms with van der Waals surface area (Å²) in [4.78, 5) is 28.9. The second-order valence-corrected chi connectivity index (χ2v) is 6.08. The van der Waals surface area contributed by atoms with Gasteiger partial charge in [0.05, 0.1) is 16.2 Å². The molecule has 0 saturated heterocycles. The number of hydrogen-bond donors (Lipinski definition) is 0. The first kappa shape index (κ1) is 15.2. The average Bonchev–Trinajstić information content (AvgIpc) is 3.28. The van der Waals surface area contributed by atoms with Crippen molar-refractivity contribution in [1.82, 2.24) is 19.9 Å². The van der Waals surface area contributed by atoms with Crippen molar-refractivity contribution in [2.24, 2.45) is 0 Å². The molecule has 3 heterocycles. The summed E-state index contributed by atoms with van der Waals surface area (Å²) in [5.74, 6) is -0.911. The second kappa shape index (κ2) is 5.95. The fourth-order valence-corrected chi connectivity index (χ4v) is 3.10. The van der Waals surface area contributed by atoms with E-state index < -0.39 is 11.5 Å². The van der Waals surface area contributed by atoms with Crippen LogP contribution in [-0.2, 0) is 6.54 Å². The molecule has 4 rings (SSSR count). The number of fused-ring (bicyclic) bond motifs is 1. The number of carboxylic acid groups (broad SMARTS) is 1. The quantitative estimate of drug-likeness (QED) is 0.536. The van der Waals surface area contributed by atoms with E-state index >= 15 is 0 Å². The molecule has 0 atom stereocenters. The number of carboxylic acids is 1. The number of aromatic nitrogens is 4. The van der Waals surface area contributed by atoms with Gasteiger partial charge in [-0.2, -0.15) is 10.1 Å². The predicted octanol–water partition coefficient (Wildman–Crippen LogP) is 0.920. The average molecular weight is 353 g/mol. The third-order valence-corrected chi connectivity index (χ3v) is 4.42. The highest BCUT2D eigenvalue weighted by molar-refractivity contribution is 7.13. The molecule has 0 unspecified atom stereocenters. The van der Waals surface area contributed by atoms with Crippen LogP contribution < -0.4 is 10.7 Å². The summed E-state index contributed by atoms with van der Waals surface area (Å²) in [6.45, 7) is -0.137. The van der Waals surface area contributed by atoms with Crippen molar-refractivity contribution >= 4 is 28.1 Å². The van der Waals surface area contributed by atoms with E-state index in [0.29, 0.717) is 5.82 Å². The normalized spacial score (nSPS) is 11.0. The van der Waals surface area contributed by atoms with Crippen LogP contribution in [0.2, 0.25) is 0 Å². The zero-order valence-corrected chi connectivity index (χ0v) is 13.4. The summed E-state index contributed by atoms with van der Waals surface area (Å²) in [6.07, 6.45) is 0. The van der Waals surface area contributed by atoms with Gasteiger partial charge in [-0.3, -0.25) is 4.79 Å². The largest absolute Gasteiger partial charge is 0.543 e. The lowest BCUT2D eigenvalue weighted by atomic mass is 10.1. The van der Waals surface area contributed by atoms with Gasteiger partial charge >= 0.3 is 0 Å². The molecule has 4 aromatic rings. The molecule has 0 amide bonds. The van der Waals surface area contributed by atoms with Gasteiger partial charge in [0.25, 0.3) is 5.56 Å². The smallest absolute Gasteiger partial charge is 0.275 e. The molecule has 124 valence electrons. The summed E-state index contributed by atoms with van der Waals surface area (Å²) < 4.78 is 6.13. The second-order valence-electron chi connectivity index (χ2n) is 5.13. The zero-order chi connectivity index (χ0) is 17.4. The van der Waals surface area contributed by atoms with Crippen LogP contribution in [0.15, 0.2) is 51.1 Å². The van der Waals surface area contributed by atoms with Gasteiger partial charge in [-0.1, -0.05) is 29.4 Å². The minimum absolute atomic E-state index is 0.137. The van der Waals surface area contributed by atoms with E-state index in [0.717, 1.165) is 9.56 Å². The molecule has 0 fully saturated rings. The fourth-order valence-electron chi connectivity index (χ4n) is 2.45. The lowest BCUT2D eigenvalue weighted by molar-refractivity contribution is -0.255. The monoisotopic (exact) mass is 353 g/mol. The molecule has 1 aromatic carbocycles. The van der Waals surface area contributed by atoms with Gasteiger partial charge in [-0.25, -0.2) is 4.68 Å². The molecule has 3 aromatic heterocycles. The number of rotatable bonds is 4. The van der Waals surface area contributed by atoms with E-state index in [1.165, 1.54) is 23.5 Å². The summed E-state index contributed by atoms with van der Waals surface area (Å²) in [5, 5.41) is 21.4. The number of hydrogen-bond acceptors (Lipinski definition) is 8. The Morgan fingerprint density at radius 2 is 2.00 bits per heavy atom. The van der Waals surface area contributed by atoms with Crippen molar-refractivity contribution in [3.8, 4) is 10.7 Å². The van der Waals surface area contributed by atoms with Crippen molar-refractivity contribution in [1.29, 1.82) is 0 Å². The lowest BCUT2D eigenvalue weighted by Crippen LogP contribution is -2.31. The summed E-state index contributed by atoms with van der Waals surface area (Å²) in [5.41, 5.74) is -0.760. The van der Waals surface area contributed by atoms with Gasteiger partial charge in [0.2, 0.25) is 11.7 Å². The highest BCUT2D eigenvalue weighted by atomic mass is 32.1. The van der Waals surface area contributed by atoms with E-state index in [2.05, 4.69) is 15.2 Å². The van der Waals surface area contributed by atoms with Crippen LogP contribution in [0.3, 0.4) is 0 Å². The van der Waals surface area contributed by atoms with Crippen LogP contribution in [-0.4, -0.2) is 25.9 Å². The Morgan fingerprint density at radius 1 is 1.20 bits per heavy atom. The van der Waals surface area contributed by atoms with Crippen LogP contribution in [0, 0.1) is 0 Å². The van der Waals surface area contributed by atoms with E-state index in [1.54, 1.807) is 12.1 Å². The fraction of sp³-hybridized carbons (Fsp3) is 0.0625. The molecule has 9 heteroatoms. The molecule has 0 N–H and O–H groups in total. The van der Waals surface area contributed by atoms with Crippen LogP contribution in [0.4, 0.5) is 0 Å². The minimum atomic E-state index is -1.46. The summed E-state index contributed by atoms with van der Waals surface area (Å²) in [6, 6.07) is 10.0. The van der Waals surface area contributed by atoms with Gasteiger partial charge in [-0.05, 0) is 17.5 Å². The number of carbonyl (C=O) groups is 1. The maximum Gasteiger partial charge on any atom is 0.275 e. The van der Waals surface area contributed by atoms with Crippen LogP contribution in [0.25, 0.3) is 21.5 Å². The Kier molecular flexibility index (Phi) is 3.62.